The van der Waals surface area contributed by atoms with Gasteiger partial charge in [0, 0.05) is 24.2 Å². The maximum atomic E-state index is 4.45. The molecular formula is C12H17N3. The summed E-state index contributed by atoms with van der Waals surface area (Å²) in [6.45, 7) is 5.18. The van der Waals surface area contributed by atoms with E-state index in [1.54, 1.807) is 0 Å². The van der Waals surface area contributed by atoms with Gasteiger partial charge in [-0.25, -0.2) is 0 Å². The van der Waals surface area contributed by atoms with Gasteiger partial charge in [0.25, 0.3) is 0 Å². The van der Waals surface area contributed by atoms with E-state index in [-0.39, 0.29) is 0 Å². The molecule has 1 unspecified atom stereocenters. The predicted molar refractivity (Wildman–Crippen MR) is 62.9 cm³/mol. The van der Waals surface area contributed by atoms with Gasteiger partial charge in [-0.3, -0.25) is 4.68 Å². The number of benzene rings is 1. The van der Waals surface area contributed by atoms with Gasteiger partial charge in [-0.1, -0.05) is 6.07 Å². The van der Waals surface area contributed by atoms with Gasteiger partial charge in [-0.05, 0) is 38.6 Å². The highest BCUT2D eigenvalue weighted by molar-refractivity contribution is 5.78. The lowest BCUT2D eigenvalue weighted by molar-refractivity contribution is 0.653. The molecule has 0 saturated carbocycles. The van der Waals surface area contributed by atoms with Crippen molar-refractivity contribution in [3.63, 3.8) is 0 Å². The average Bonchev–Trinajstić information content (AvgIpc) is 2.69. The Bertz CT molecular complexity index is 459. The molecule has 1 atom stereocenters. The quantitative estimate of drug-likeness (QED) is 0.829. The number of fused-ring (bicyclic) bond motifs is 1. The van der Waals surface area contributed by atoms with Crippen LogP contribution in [-0.2, 0) is 6.54 Å². The molecule has 0 amide bonds. The van der Waals surface area contributed by atoms with Crippen LogP contribution in [0.1, 0.15) is 25.5 Å². The van der Waals surface area contributed by atoms with Gasteiger partial charge >= 0.3 is 0 Å². The molecule has 0 bridgehead atoms. The predicted octanol–water partition coefficient (Wildman–Crippen LogP) is 2.34. The summed E-state index contributed by atoms with van der Waals surface area (Å²) < 4.78 is 1.97. The minimum absolute atomic E-state index is 0.388. The number of hydrogen-bond acceptors (Lipinski definition) is 2. The molecule has 1 aromatic heterocycles. The van der Waals surface area contributed by atoms with Gasteiger partial charge in [0.2, 0.25) is 0 Å². The Morgan fingerprint density at radius 2 is 2.27 bits per heavy atom. The highest BCUT2D eigenvalue weighted by Gasteiger charge is 2.05. The Morgan fingerprint density at radius 3 is 2.93 bits per heavy atom. The number of nitrogens with zero attached hydrogens (tertiary/aromatic N) is 2. The summed E-state index contributed by atoms with van der Waals surface area (Å²) in [5, 5.41) is 8.91. The van der Waals surface area contributed by atoms with E-state index in [0.29, 0.717) is 6.04 Å². The normalized spacial score (nSPS) is 13.3. The molecule has 1 heterocycles. The second-order valence-electron chi connectivity index (χ2n) is 3.81. The highest BCUT2D eigenvalue weighted by Crippen LogP contribution is 2.19. The number of hydrogen-bond donors (Lipinski definition) is 1. The van der Waals surface area contributed by atoms with Crippen LogP contribution in [-0.4, -0.2) is 16.8 Å². The fourth-order valence-corrected chi connectivity index (χ4v) is 1.69. The molecule has 0 aliphatic rings. The third-order valence-electron chi connectivity index (χ3n) is 2.83. The lowest BCUT2D eigenvalue weighted by Crippen LogP contribution is -2.11. The lowest BCUT2D eigenvalue weighted by Gasteiger charge is -2.09. The molecule has 0 spiro atoms. The molecule has 2 rings (SSSR count). The minimum Gasteiger partial charge on any atom is -0.313 e. The Labute approximate surface area is 90.1 Å². The van der Waals surface area contributed by atoms with Crippen LogP contribution in [0.3, 0.4) is 0 Å². The summed E-state index contributed by atoms with van der Waals surface area (Å²) >= 11 is 0. The zero-order chi connectivity index (χ0) is 10.8. The number of rotatable bonds is 3. The molecule has 0 aliphatic heterocycles. The van der Waals surface area contributed by atoms with Crippen LogP contribution in [0.5, 0.6) is 0 Å². The van der Waals surface area contributed by atoms with Crippen molar-refractivity contribution in [2.45, 2.75) is 26.4 Å². The van der Waals surface area contributed by atoms with E-state index in [4.69, 9.17) is 0 Å². The zero-order valence-electron chi connectivity index (χ0n) is 9.49. The van der Waals surface area contributed by atoms with Crippen molar-refractivity contribution in [3.05, 3.63) is 30.0 Å². The minimum atomic E-state index is 0.388. The molecule has 1 N–H and O–H groups in total. The van der Waals surface area contributed by atoms with Crippen molar-refractivity contribution < 1.29 is 0 Å². The van der Waals surface area contributed by atoms with Gasteiger partial charge in [-0.2, -0.15) is 5.10 Å². The topological polar surface area (TPSA) is 29.9 Å². The molecule has 15 heavy (non-hydrogen) atoms. The molecule has 0 saturated heterocycles. The highest BCUT2D eigenvalue weighted by atomic mass is 15.3. The summed E-state index contributed by atoms with van der Waals surface area (Å²) in [6, 6.07) is 6.82. The fourth-order valence-electron chi connectivity index (χ4n) is 1.69. The third kappa shape index (κ3) is 1.88. The summed E-state index contributed by atoms with van der Waals surface area (Å²) in [5.41, 5.74) is 2.38. The monoisotopic (exact) mass is 203 g/mol. The van der Waals surface area contributed by atoms with E-state index in [1.165, 1.54) is 10.9 Å². The Hall–Kier alpha value is -1.35. The summed E-state index contributed by atoms with van der Waals surface area (Å²) in [4.78, 5) is 0. The van der Waals surface area contributed by atoms with Crippen LogP contribution in [0.25, 0.3) is 10.9 Å². The summed E-state index contributed by atoms with van der Waals surface area (Å²) in [6.07, 6.45) is 2.10. The maximum Gasteiger partial charge on any atom is 0.0923 e. The molecular weight excluding hydrogens is 186 g/mol. The van der Waals surface area contributed by atoms with Gasteiger partial charge in [0.1, 0.15) is 0 Å². The molecule has 3 heteroatoms. The first-order chi connectivity index (χ1) is 7.24. The van der Waals surface area contributed by atoms with Crippen LogP contribution in [0, 0.1) is 0 Å². The van der Waals surface area contributed by atoms with Gasteiger partial charge in [0.15, 0.2) is 0 Å². The second kappa shape index (κ2) is 4.03. The smallest absolute Gasteiger partial charge is 0.0923 e. The van der Waals surface area contributed by atoms with E-state index in [9.17, 15) is 0 Å². The van der Waals surface area contributed by atoms with Crippen molar-refractivity contribution >= 4 is 10.9 Å². The molecule has 0 fully saturated rings. The standard InChI is InChI=1S/C12H17N3/c1-4-15-8-11-7-10(9(2)13-3)5-6-12(11)14-15/h5-9,13H,4H2,1-3H3. The van der Waals surface area contributed by atoms with Crippen molar-refractivity contribution in [3.8, 4) is 0 Å². The van der Waals surface area contributed by atoms with Crippen LogP contribution in [0.4, 0.5) is 0 Å². The number of aryl methyl sites for hydroxylation is 1. The molecule has 2 aromatic rings. The molecule has 1 aromatic carbocycles. The fraction of sp³-hybridized carbons (Fsp3) is 0.417. The number of nitrogens with one attached hydrogen (secondary N) is 1. The first-order valence-electron chi connectivity index (χ1n) is 5.39. The zero-order valence-corrected chi connectivity index (χ0v) is 9.49. The van der Waals surface area contributed by atoms with E-state index in [0.717, 1.165) is 12.1 Å². The Kier molecular flexibility index (Phi) is 2.73. The van der Waals surface area contributed by atoms with Crippen LogP contribution >= 0.6 is 0 Å². The van der Waals surface area contributed by atoms with E-state index in [1.807, 2.05) is 11.7 Å². The average molecular weight is 203 g/mol. The van der Waals surface area contributed by atoms with Crippen LogP contribution in [0.2, 0.25) is 0 Å². The molecule has 0 radical (unpaired) electrons. The largest absolute Gasteiger partial charge is 0.313 e. The first kappa shape index (κ1) is 10.2. The van der Waals surface area contributed by atoms with Crippen LogP contribution in [0.15, 0.2) is 24.4 Å². The van der Waals surface area contributed by atoms with Crippen molar-refractivity contribution in [1.82, 2.24) is 15.1 Å². The lowest BCUT2D eigenvalue weighted by atomic mass is 10.1. The van der Waals surface area contributed by atoms with Crippen molar-refractivity contribution in [2.24, 2.45) is 0 Å². The molecule has 80 valence electrons. The van der Waals surface area contributed by atoms with Crippen LogP contribution < -0.4 is 5.32 Å². The first-order valence-corrected chi connectivity index (χ1v) is 5.39. The second-order valence-corrected chi connectivity index (χ2v) is 3.81. The van der Waals surface area contributed by atoms with Crippen molar-refractivity contribution in [2.75, 3.05) is 7.05 Å². The van der Waals surface area contributed by atoms with Gasteiger partial charge in [-0.15, -0.1) is 0 Å². The third-order valence-corrected chi connectivity index (χ3v) is 2.83. The SMILES string of the molecule is CCn1cc2cc(C(C)NC)ccc2n1. The summed E-state index contributed by atoms with van der Waals surface area (Å²) in [5.74, 6) is 0. The van der Waals surface area contributed by atoms with Gasteiger partial charge < -0.3 is 5.32 Å². The van der Waals surface area contributed by atoms with E-state index in [2.05, 4.69) is 48.7 Å². The summed E-state index contributed by atoms with van der Waals surface area (Å²) in [7, 11) is 1.98. The number of aromatic nitrogens is 2. The van der Waals surface area contributed by atoms with Crippen molar-refractivity contribution in [1.29, 1.82) is 0 Å². The Balaban J connectivity index is 2.45. The maximum absolute atomic E-state index is 4.45. The molecule has 0 aliphatic carbocycles. The molecule has 3 nitrogen and oxygen atoms in total. The Morgan fingerprint density at radius 1 is 1.47 bits per heavy atom. The van der Waals surface area contributed by atoms with E-state index >= 15 is 0 Å². The van der Waals surface area contributed by atoms with E-state index < -0.39 is 0 Å². The van der Waals surface area contributed by atoms with Gasteiger partial charge in [0.05, 0.1) is 5.52 Å².